The van der Waals surface area contributed by atoms with Gasteiger partial charge in [-0.05, 0) is 24.6 Å². The Morgan fingerprint density at radius 2 is 2.24 bits per heavy atom. The van der Waals surface area contributed by atoms with Crippen LogP contribution in [0.15, 0.2) is 18.2 Å². The zero-order valence-corrected chi connectivity index (χ0v) is 11.8. The lowest BCUT2D eigenvalue weighted by atomic mass is 10.1. The second-order valence-corrected chi connectivity index (χ2v) is 4.73. The number of aliphatic hydroxyl groups excluding tert-OH is 1. The predicted octanol–water partition coefficient (Wildman–Crippen LogP) is 1.42. The van der Waals surface area contributed by atoms with Gasteiger partial charge in [0, 0.05) is 31.7 Å². The molecule has 0 atom stereocenters. The van der Waals surface area contributed by atoms with E-state index in [9.17, 15) is 9.18 Å². The van der Waals surface area contributed by atoms with Gasteiger partial charge in [0.2, 0.25) is 0 Å². The van der Waals surface area contributed by atoms with E-state index in [0.717, 1.165) is 6.42 Å². The first-order chi connectivity index (χ1) is 10.2. The largest absolute Gasteiger partial charge is 0.395 e. The zero-order chi connectivity index (χ0) is 15.1. The van der Waals surface area contributed by atoms with Gasteiger partial charge in [-0.2, -0.15) is 0 Å². The van der Waals surface area contributed by atoms with E-state index < -0.39 is 5.82 Å². The van der Waals surface area contributed by atoms with Crippen molar-refractivity contribution in [2.75, 3.05) is 32.9 Å². The van der Waals surface area contributed by atoms with Crippen molar-refractivity contribution in [3.63, 3.8) is 0 Å². The molecule has 1 aromatic rings. The van der Waals surface area contributed by atoms with Gasteiger partial charge in [-0.15, -0.1) is 0 Å². The average molecular weight is 291 g/mol. The molecule has 21 heavy (non-hydrogen) atoms. The Bertz CT molecular complexity index is 554. The Hall–Kier alpha value is -1.90. The van der Waals surface area contributed by atoms with Gasteiger partial charge < -0.3 is 14.7 Å². The monoisotopic (exact) mass is 291 g/mol. The third kappa shape index (κ3) is 4.28. The van der Waals surface area contributed by atoms with Crippen molar-refractivity contribution >= 4 is 5.91 Å². The molecule has 1 N–H and O–H groups in total. The maximum atomic E-state index is 14.1. The summed E-state index contributed by atoms with van der Waals surface area (Å²) in [5.41, 5.74) is 0.557. The zero-order valence-electron chi connectivity index (χ0n) is 11.8. The molecule has 0 aliphatic carbocycles. The highest BCUT2D eigenvalue weighted by atomic mass is 19.1. The second-order valence-electron chi connectivity index (χ2n) is 4.73. The van der Waals surface area contributed by atoms with Crippen molar-refractivity contribution in [2.45, 2.75) is 12.8 Å². The van der Waals surface area contributed by atoms with Gasteiger partial charge in [0.25, 0.3) is 5.91 Å². The molecule has 1 amide bonds. The maximum Gasteiger partial charge on any atom is 0.256 e. The molecule has 1 heterocycles. The van der Waals surface area contributed by atoms with Gasteiger partial charge >= 0.3 is 0 Å². The Kier molecular flexibility index (Phi) is 5.73. The number of carbonyl (C=O) groups is 1. The van der Waals surface area contributed by atoms with E-state index in [4.69, 9.17) is 9.84 Å². The molecule has 5 heteroatoms. The van der Waals surface area contributed by atoms with Gasteiger partial charge in [-0.3, -0.25) is 4.79 Å². The van der Waals surface area contributed by atoms with E-state index in [1.807, 2.05) is 0 Å². The normalized spacial score (nSPS) is 15.0. The van der Waals surface area contributed by atoms with Crippen LogP contribution in [0.1, 0.15) is 28.8 Å². The number of benzene rings is 1. The number of halogens is 1. The van der Waals surface area contributed by atoms with Crippen LogP contribution in [-0.4, -0.2) is 48.8 Å². The van der Waals surface area contributed by atoms with Crippen LogP contribution in [0.25, 0.3) is 0 Å². The Morgan fingerprint density at radius 3 is 3.00 bits per heavy atom. The number of aliphatic hydroxyl groups is 1. The maximum absolute atomic E-state index is 14.1. The van der Waals surface area contributed by atoms with Crippen LogP contribution in [0.4, 0.5) is 4.39 Å². The van der Waals surface area contributed by atoms with E-state index in [2.05, 4.69) is 11.8 Å². The summed E-state index contributed by atoms with van der Waals surface area (Å²) < 4.78 is 19.4. The van der Waals surface area contributed by atoms with Gasteiger partial charge in [-0.1, -0.05) is 11.8 Å². The smallest absolute Gasteiger partial charge is 0.256 e. The Labute approximate surface area is 123 Å². The van der Waals surface area contributed by atoms with Gasteiger partial charge in [0.15, 0.2) is 0 Å². The van der Waals surface area contributed by atoms with Crippen molar-refractivity contribution in [1.29, 1.82) is 0 Å². The molecule has 0 bridgehead atoms. The summed E-state index contributed by atoms with van der Waals surface area (Å²) in [5, 5.41) is 8.65. The summed E-state index contributed by atoms with van der Waals surface area (Å²) >= 11 is 0. The predicted molar refractivity (Wildman–Crippen MR) is 76.3 cm³/mol. The lowest BCUT2D eigenvalue weighted by molar-refractivity contribution is 0.0736. The van der Waals surface area contributed by atoms with Crippen LogP contribution in [0.2, 0.25) is 0 Å². The second kappa shape index (κ2) is 7.77. The molecule has 0 saturated carbocycles. The van der Waals surface area contributed by atoms with E-state index in [0.29, 0.717) is 38.3 Å². The molecule has 0 aromatic heterocycles. The van der Waals surface area contributed by atoms with Crippen molar-refractivity contribution in [3.05, 3.63) is 35.1 Å². The molecular formula is C16H18FNO3. The number of hydrogen-bond donors (Lipinski definition) is 1. The lowest BCUT2D eigenvalue weighted by Crippen LogP contribution is -2.33. The first kappa shape index (κ1) is 15.5. The van der Waals surface area contributed by atoms with Crippen molar-refractivity contribution in [3.8, 4) is 11.8 Å². The van der Waals surface area contributed by atoms with E-state index in [1.54, 1.807) is 11.0 Å². The van der Waals surface area contributed by atoms with Crippen molar-refractivity contribution in [1.82, 2.24) is 4.90 Å². The summed E-state index contributed by atoms with van der Waals surface area (Å²) in [5.74, 6) is 4.59. The standard InChI is InChI=1S/C16H18FNO3/c17-15-12-13(4-1-2-9-19)5-6-14(15)16(20)18-7-3-10-21-11-8-18/h5-6,12,19H,2-3,7-11H2. The van der Waals surface area contributed by atoms with Crippen LogP contribution >= 0.6 is 0 Å². The summed E-state index contributed by atoms with van der Waals surface area (Å²) in [4.78, 5) is 13.9. The van der Waals surface area contributed by atoms with Crippen LogP contribution < -0.4 is 0 Å². The van der Waals surface area contributed by atoms with Gasteiger partial charge in [0.05, 0.1) is 18.8 Å². The lowest BCUT2D eigenvalue weighted by Gasteiger charge is -2.19. The summed E-state index contributed by atoms with van der Waals surface area (Å²) in [6, 6.07) is 4.34. The molecular weight excluding hydrogens is 273 g/mol. The Morgan fingerprint density at radius 1 is 1.38 bits per heavy atom. The number of carbonyl (C=O) groups excluding carboxylic acids is 1. The first-order valence-electron chi connectivity index (χ1n) is 6.98. The highest BCUT2D eigenvalue weighted by Crippen LogP contribution is 2.14. The minimum absolute atomic E-state index is 0.0247. The van der Waals surface area contributed by atoms with Crippen LogP contribution in [-0.2, 0) is 4.74 Å². The summed E-state index contributed by atoms with van der Waals surface area (Å²) in [6.45, 7) is 2.15. The summed E-state index contributed by atoms with van der Waals surface area (Å²) in [7, 11) is 0. The number of hydrogen-bond acceptors (Lipinski definition) is 3. The summed E-state index contributed by atoms with van der Waals surface area (Å²) in [6.07, 6.45) is 1.11. The molecule has 1 aromatic carbocycles. The molecule has 2 rings (SSSR count). The fourth-order valence-corrected chi connectivity index (χ4v) is 2.11. The highest BCUT2D eigenvalue weighted by molar-refractivity contribution is 5.94. The molecule has 1 aliphatic heterocycles. The van der Waals surface area contributed by atoms with Gasteiger partial charge in [-0.25, -0.2) is 4.39 Å². The minimum Gasteiger partial charge on any atom is -0.395 e. The van der Waals surface area contributed by atoms with Crippen LogP contribution in [0, 0.1) is 17.7 Å². The van der Waals surface area contributed by atoms with Crippen LogP contribution in [0.5, 0.6) is 0 Å². The quantitative estimate of drug-likeness (QED) is 0.839. The molecule has 0 radical (unpaired) electrons. The molecule has 1 fully saturated rings. The average Bonchev–Trinajstić information content (AvgIpc) is 2.76. The van der Waals surface area contributed by atoms with Gasteiger partial charge in [0.1, 0.15) is 5.82 Å². The van der Waals surface area contributed by atoms with Crippen LogP contribution in [0.3, 0.4) is 0 Å². The highest BCUT2D eigenvalue weighted by Gasteiger charge is 2.20. The molecule has 1 saturated heterocycles. The minimum atomic E-state index is -0.569. The molecule has 1 aliphatic rings. The van der Waals surface area contributed by atoms with E-state index >= 15 is 0 Å². The number of nitrogens with zero attached hydrogens (tertiary/aromatic N) is 1. The third-order valence-corrected chi connectivity index (χ3v) is 3.18. The first-order valence-corrected chi connectivity index (χ1v) is 6.98. The van der Waals surface area contributed by atoms with E-state index in [-0.39, 0.29) is 18.1 Å². The van der Waals surface area contributed by atoms with Crippen molar-refractivity contribution in [2.24, 2.45) is 0 Å². The topological polar surface area (TPSA) is 49.8 Å². The SMILES string of the molecule is O=C(c1ccc(C#CCCO)cc1F)N1CCCOCC1. The third-order valence-electron chi connectivity index (χ3n) is 3.18. The van der Waals surface area contributed by atoms with E-state index in [1.165, 1.54) is 12.1 Å². The number of rotatable bonds is 2. The fourth-order valence-electron chi connectivity index (χ4n) is 2.11. The Balaban J connectivity index is 2.12. The molecule has 112 valence electrons. The van der Waals surface area contributed by atoms with Crippen molar-refractivity contribution < 1.29 is 19.0 Å². The molecule has 0 unspecified atom stereocenters. The number of ether oxygens (including phenoxy) is 1. The molecule has 4 nitrogen and oxygen atoms in total. The molecule has 0 spiro atoms. The number of amides is 1. The fraction of sp³-hybridized carbons (Fsp3) is 0.438.